The van der Waals surface area contributed by atoms with Crippen LogP contribution in [0.25, 0.3) is 0 Å². The molecule has 2 aliphatic carbocycles. The van der Waals surface area contributed by atoms with Crippen LogP contribution in [-0.4, -0.2) is 66.4 Å². The van der Waals surface area contributed by atoms with E-state index in [0.29, 0.717) is 4.90 Å². The number of unbranched alkanes of at least 4 members (excludes halogenated alkanes) is 7. The van der Waals surface area contributed by atoms with Crippen LogP contribution in [0, 0.1) is 22.6 Å². The Hall–Kier alpha value is -2.43. The Labute approximate surface area is 261 Å². The van der Waals surface area contributed by atoms with Crippen molar-refractivity contribution >= 4 is 33.3 Å². The maximum absolute atomic E-state index is 13.2. The quantitative estimate of drug-likeness (QED) is 0.133. The number of carboxylic acids is 1. The molecule has 2 saturated carbocycles. The van der Waals surface area contributed by atoms with Crippen molar-refractivity contribution in [3.63, 3.8) is 0 Å². The highest BCUT2D eigenvalue weighted by Crippen LogP contribution is 2.59. The topological polar surface area (TPSA) is 128 Å². The van der Waals surface area contributed by atoms with Gasteiger partial charge in [-0.3, -0.25) is 10.1 Å². The number of carbonyl (C=O) groups excluding carboxylic acids is 1. The molecule has 8 nitrogen and oxygen atoms in total. The van der Waals surface area contributed by atoms with Crippen LogP contribution in [0.15, 0.2) is 23.1 Å². The molecule has 1 heterocycles. The molecule has 0 radical (unpaired) electrons. The minimum atomic E-state index is -4.86. The van der Waals surface area contributed by atoms with Crippen LogP contribution in [0.1, 0.15) is 90.4 Å². The normalized spacial score (nSPS) is 21.6. The first-order valence-corrected chi connectivity index (χ1v) is 17.0. The Bertz CT molecular complexity index is 1330. The fourth-order valence-corrected chi connectivity index (χ4v) is 7.65. The summed E-state index contributed by atoms with van der Waals surface area (Å²) in [4.78, 5) is 24.0. The first kappa shape index (κ1) is 36.0. The maximum atomic E-state index is 13.2. The van der Waals surface area contributed by atoms with Gasteiger partial charge in [-0.15, -0.1) is 0 Å². The zero-order chi connectivity index (χ0) is 32.8. The molecular weight excluding hydrogens is 626 g/mol. The van der Waals surface area contributed by atoms with Gasteiger partial charge in [-0.05, 0) is 63.3 Å². The number of hydrogen-bond acceptors (Lipinski definition) is 6. The second kappa shape index (κ2) is 14.8. The zero-order valence-electron chi connectivity index (χ0n) is 24.8. The van der Waals surface area contributed by atoms with E-state index >= 15 is 0 Å². The first-order valence-electron chi connectivity index (χ1n) is 15.1. The number of carbonyl (C=O) groups is 2. The fourth-order valence-electron chi connectivity index (χ4n) is 5.42. The number of benzene rings is 1. The molecule has 1 aliphatic heterocycles. The van der Waals surface area contributed by atoms with Crippen molar-refractivity contribution in [1.29, 1.82) is 5.26 Å². The molecule has 2 N–H and O–H groups in total. The molecule has 0 aromatic heterocycles. The van der Waals surface area contributed by atoms with Gasteiger partial charge in [0.1, 0.15) is 22.8 Å². The Morgan fingerprint density at radius 2 is 1.68 bits per heavy atom. The molecule has 14 heteroatoms. The Morgan fingerprint density at radius 3 is 2.16 bits per heavy atom. The number of likely N-dealkylation sites (tertiary alicyclic amines) is 1. The summed E-state index contributed by atoms with van der Waals surface area (Å²) in [6, 6.07) is 3.14. The van der Waals surface area contributed by atoms with Crippen molar-refractivity contribution in [2.24, 2.45) is 5.41 Å². The molecule has 3 fully saturated rings. The molecule has 44 heavy (non-hydrogen) atoms. The van der Waals surface area contributed by atoms with Crippen molar-refractivity contribution in [1.82, 2.24) is 10.2 Å². The summed E-state index contributed by atoms with van der Waals surface area (Å²) in [6.07, 6.45) is 6.57. The average Bonchev–Trinajstić information content (AvgIpc) is 3.88. The average molecular weight is 666 g/mol. The zero-order valence-corrected chi connectivity index (χ0v) is 26.3. The highest BCUT2D eigenvalue weighted by Gasteiger charge is 2.70. The number of hydrogen-bond donors (Lipinski definition) is 2. The van der Waals surface area contributed by atoms with E-state index in [1.165, 1.54) is 51.4 Å². The van der Waals surface area contributed by atoms with E-state index in [4.69, 9.17) is 16.9 Å². The van der Waals surface area contributed by atoms with Crippen LogP contribution in [0.3, 0.4) is 0 Å². The number of amides is 1. The summed E-state index contributed by atoms with van der Waals surface area (Å²) < 4.78 is 78.5. The van der Waals surface area contributed by atoms with Crippen LogP contribution in [0.2, 0.25) is 5.02 Å². The molecule has 0 bridgehead atoms. The summed E-state index contributed by atoms with van der Waals surface area (Å²) in [7, 11) is -4.32. The predicted molar refractivity (Wildman–Crippen MR) is 156 cm³/mol. The maximum Gasteiger partial charge on any atom is 0.403 e. The van der Waals surface area contributed by atoms with Crippen LogP contribution >= 0.6 is 11.6 Å². The number of nitrogens with one attached hydrogen (secondary N) is 1. The molecule has 0 unspecified atom stereocenters. The lowest BCUT2D eigenvalue weighted by atomic mass is 10.0. The third kappa shape index (κ3) is 8.63. The number of nitrogens with zero attached hydrogens (tertiary/aromatic N) is 2. The Morgan fingerprint density at radius 1 is 1.09 bits per heavy atom. The van der Waals surface area contributed by atoms with Crippen LogP contribution in [0.4, 0.5) is 17.6 Å². The van der Waals surface area contributed by atoms with E-state index in [1.807, 2.05) is 0 Å². The third-order valence-electron chi connectivity index (χ3n) is 8.61. The summed E-state index contributed by atoms with van der Waals surface area (Å²) in [5, 5.41) is 19.6. The predicted octanol–water partition coefficient (Wildman–Crippen LogP) is 6.42. The van der Waals surface area contributed by atoms with Gasteiger partial charge in [0, 0.05) is 6.54 Å². The monoisotopic (exact) mass is 665 g/mol. The standard InChI is InChI=1S/C16H14ClF4NO5S.C14H26N2/c17-10-5-8(18)1-2-12(10)28(26,27)9-6-11(13(23)24)22(7-9)14(25)15(3-4-15)16(19,20)21;1-2-3-4-5-6-7-8-9-12-16-14(13-15)10-11-14/h1-2,5,9,11H,3-4,6-7H2,(H,23,24);16H,2-12H2,1H3/t9-,11+;/m1./s1. The van der Waals surface area contributed by atoms with Crippen molar-refractivity contribution < 1.29 is 40.7 Å². The number of halogens is 5. The second-order valence-electron chi connectivity index (χ2n) is 12.0. The van der Waals surface area contributed by atoms with E-state index in [2.05, 4.69) is 18.3 Å². The SMILES string of the molecule is CCCCCCCCCCNC1(C#N)CC1.O=C(O)[C@@H]1C[C@@H](S(=O)(=O)c2ccc(F)cc2Cl)CN1C(=O)C1(C(F)(F)F)CC1. The minimum absolute atomic E-state index is 0.110. The van der Waals surface area contributed by atoms with Gasteiger partial charge in [0.15, 0.2) is 9.84 Å². The summed E-state index contributed by atoms with van der Waals surface area (Å²) in [6.45, 7) is 2.57. The largest absolute Gasteiger partial charge is 0.480 e. The molecule has 1 amide bonds. The fraction of sp³-hybridized carbons (Fsp3) is 0.700. The number of alkyl halides is 3. The van der Waals surface area contributed by atoms with Crippen LogP contribution < -0.4 is 5.32 Å². The smallest absolute Gasteiger partial charge is 0.403 e. The highest BCUT2D eigenvalue weighted by molar-refractivity contribution is 7.92. The van der Waals surface area contributed by atoms with Crippen molar-refractivity contribution in [3.8, 4) is 6.07 Å². The highest BCUT2D eigenvalue weighted by atomic mass is 35.5. The lowest BCUT2D eigenvalue weighted by Crippen LogP contribution is -2.48. The van der Waals surface area contributed by atoms with Gasteiger partial charge in [-0.25, -0.2) is 17.6 Å². The van der Waals surface area contributed by atoms with E-state index in [9.17, 15) is 40.7 Å². The number of carboxylic acid groups (broad SMARTS) is 1. The number of sulfone groups is 1. The van der Waals surface area contributed by atoms with E-state index < -0.39 is 86.1 Å². The Kier molecular flexibility index (Phi) is 12.1. The molecule has 4 rings (SSSR count). The first-order chi connectivity index (χ1) is 20.6. The van der Waals surface area contributed by atoms with Gasteiger partial charge < -0.3 is 10.0 Å². The molecule has 1 saturated heterocycles. The minimum Gasteiger partial charge on any atom is -0.480 e. The lowest BCUT2D eigenvalue weighted by Gasteiger charge is -2.28. The molecular formula is C30H40ClF4N3O5S. The molecule has 3 aliphatic rings. The van der Waals surface area contributed by atoms with Gasteiger partial charge in [-0.1, -0.05) is 63.5 Å². The van der Waals surface area contributed by atoms with Crippen molar-refractivity contribution in [2.75, 3.05) is 13.1 Å². The molecule has 1 aromatic rings. The van der Waals surface area contributed by atoms with E-state index in [-0.39, 0.29) is 5.54 Å². The third-order valence-corrected chi connectivity index (χ3v) is 11.2. The van der Waals surface area contributed by atoms with Gasteiger partial charge in [-0.2, -0.15) is 18.4 Å². The molecule has 1 aromatic carbocycles. The Balaban J connectivity index is 0.000000281. The molecule has 246 valence electrons. The molecule has 2 atom stereocenters. The van der Waals surface area contributed by atoms with Gasteiger partial charge in [0.2, 0.25) is 5.91 Å². The molecule has 0 spiro atoms. The summed E-state index contributed by atoms with van der Waals surface area (Å²) in [5.41, 5.74) is -2.77. The lowest BCUT2D eigenvalue weighted by molar-refractivity contribution is -0.199. The number of nitriles is 1. The van der Waals surface area contributed by atoms with Gasteiger partial charge in [0.25, 0.3) is 0 Å². The number of rotatable bonds is 14. The second-order valence-corrected chi connectivity index (χ2v) is 14.6. The van der Waals surface area contributed by atoms with Crippen LogP contribution in [0.5, 0.6) is 0 Å². The van der Waals surface area contributed by atoms with Gasteiger partial charge in [0.05, 0.1) is 21.2 Å². The van der Waals surface area contributed by atoms with Crippen LogP contribution in [-0.2, 0) is 19.4 Å². The van der Waals surface area contributed by atoms with Crippen molar-refractivity contribution in [2.45, 2.75) is 118 Å². The van der Waals surface area contributed by atoms with Gasteiger partial charge >= 0.3 is 12.1 Å². The number of aliphatic carboxylic acids is 1. The van der Waals surface area contributed by atoms with Crippen molar-refractivity contribution in [3.05, 3.63) is 29.0 Å². The summed E-state index contributed by atoms with van der Waals surface area (Å²) >= 11 is 5.77. The van der Waals surface area contributed by atoms with E-state index in [1.54, 1.807) is 0 Å². The summed E-state index contributed by atoms with van der Waals surface area (Å²) in [5.74, 6) is -3.83. The van der Waals surface area contributed by atoms with E-state index in [0.717, 1.165) is 37.6 Å².